The van der Waals surface area contributed by atoms with Gasteiger partial charge in [0.1, 0.15) is 0 Å². The summed E-state index contributed by atoms with van der Waals surface area (Å²) in [6, 6.07) is 0. The van der Waals surface area contributed by atoms with Crippen LogP contribution in [0.4, 0.5) is 0 Å². The Morgan fingerprint density at radius 2 is 0.350 bits per heavy atom. The summed E-state index contributed by atoms with van der Waals surface area (Å²) in [4.78, 5) is 220. The monoisotopic (exact) mass is 1770 g/mol. The minimum atomic E-state index is -4.69. The van der Waals surface area contributed by atoms with Gasteiger partial charge < -0.3 is 133 Å². The quantitative estimate of drug-likeness (QED) is 0.0173. The first-order valence-corrected chi connectivity index (χ1v) is 49.5. The molecule has 0 bridgehead atoms. The molecule has 0 spiro atoms. The van der Waals surface area contributed by atoms with Gasteiger partial charge in [0.2, 0.25) is 29.5 Å². The Labute approximate surface area is 737 Å². The van der Waals surface area contributed by atoms with E-state index < -0.39 is 136 Å². The summed E-state index contributed by atoms with van der Waals surface area (Å²) >= 11 is 0. The Balaban J connectivity index is -0.000000125. The van der Waals surface area contributed by atoms with Crippen molar-refractivity contribution in [3.63, 3.8) is 0 Å². The van der Waals surface area contributed by atoms with Gasteiger partial charge in [-0.2, -0.15) is 0 Å². The van der Waals surface area contributed by atoms with E-state index in [9.17, 15) is 119 Å². The second-order valence-electron chi connectivity index (χ2n) is 22.5. The fourth-order valence-electron chi connectivity index (χ4n) is 7.30. The van der Waals surface area contributed by atoms with Crippen LogP contribution in [0.2, 0.25) is 0 Å². The molecule has 52 heteroatoms. The zero-order valence-corrected chi connectivity index (χ0v) is 77.6. The van der Waals surface area contributed by atoms with Crippen LogP contribution < -0.4 is 75.5 Å². The second kappa shape index (κ2) is 70.9. The third kappa shape index (κ3) is 133. The number of hydrogen-bond acceptors (Lipinski definition) is 25. The molecule has 3 unspecified atom stereocenters. The molecule has 0 aliphatic heterocycles. The summed E-state index contributed by atoms with van der Waals surface area (Å²) in [6.45, 7) is 3.92. The number of rotatable bonds is 50. The predicted octanol–water partition coefficient (Wildman–Crippen LogP) is -2.28. The second-order valence-corrected chi connectivity index (χ2v) is 41.4. The van der Waals surface area contributed by atoms with Gasteiger partial charge in [0.25, 0.3) is 0 Å². The van der Waals surface area contributed by atoms with Gasteiger partial charge in [-0.15, -0.1) is 0 Å². The molecule has 0 saturated carbocycles. The first kappa shape index (κ1) is 126. The molecule has 0 aromatic rings. The number of carbonyl (C=O) groups is 5. The van der Waals surface area contributed by atoms with E-state index in [-0.39, 0.29) is 245 Å². The Morgan fingerprint density at radius 1 is 0.230 bits per heavy atom. The van der Waals surface area contributed by atoms with Crippen LogP contribution in [-0.4, -0.2) is 335 Å². The van der Waals surface area contributed by atoms with E-state index in [1.54, 1.807) is 0 Å². The fourth-order valence-corrected chi connectivity index (χ4v) is 12.8. The largest absolute Gasteiger partial charge is 2.00 e. The molecular weight excluding hydrogens is 1670 g/mol. The number of carbonyl (C=O) groups excluding carboxylic acids is 5. The van der Waals surface area contributed by atoms with Crippen molar-refractivity contribution in [2.75, 3.05) is 82.2 Å². The average molecular weight is 1770 g/mol. The van der Waals surface area contributed by atoms with Crippen LogP contribution in [0.1, 0.15) is 193 Å². The molecule has 0 radical (unpaired) electrons. The molecule has 12 N–H and O–H groups in total. The van der Waals surface area contributed by atoms with Gasteiger partial charge in [-0.1, -0.05) is 96.3 Å². The van der Waals surface area contributed by atoms with Crippen LogP contribution in [-0.2, 0) is 69.6 Å². The molecule has 570 valence electrons. The van der Waals surface area contributed by atoms with Gasteiger partial charge in [0.05, 0.1) is 0 Å². The van der Waals surface area contributed by atoms with Crippen LogP contribution in [0.5, 0.6) is 0 Å². The van der Waals surface area contributed by atoms with E-state index >= 15 is 0 Å². The van der Waals surface area contributed by atoms with E-state index in [2.05, 4.69) is 5.32 Å². The zero-order valence-electron chi connectivity index (χ0n) is 57.6. The standard InChI is InChI=1S/C11H25NO7P2.C10H23NO7P2.C10H23NO6P2.C9H21NO6P2.C8H19NO6P2.5Ca/c13-11(12-10-21(17,18)19)8-6-4-2-1-3-5-7-9-20(14,15)16;12-10(11-9-20(16,17)18)7-5-3-1-2-4-6-8-19(13,14)15;1-18(13,14)8-6-4-2-3-5-7-10(12)11-9-19(15,16)17;1-17(12,13)7-5-3-2-4-6-9(11)10-8-18(14,15)16;1-16(11,12)6-4-2-3-5-8(10)9-7-17(13,14)15;;;;;/h1-10H2,(H,12,13)(H2,14,15,16)(H2,17,18,19);1-9H2,(H,11,12)(H2,13,14,15)(H2,16,17,18);2-9H2,1H3,(H,11,12)(H,13,14)(H2,15,16,17);2-8H2,1H3,(H,10,11)(H,12,13)(H2,14,15,16);2-7H2,1H3,(H,9,10)(H,11,12)(H2,13,14,15);;;;;/q;;;;;5*+2/p-10. The van der Waals surface area contributed by atoms with Gasteiger partial charge >= 0.3 is 204 Å². The van der Waals surface area contributed by atoms with Crippen molar-refractivity contribution >= 4 is 294 Å². The van der Waals surface area contributed by atoms with Crippen LogP contribution >= 0.6 is 75.3 Å². The van der Waals surface area contributed by atoms with Crippen molar-refractivity contribution in [1.29, 1.82) is 0 Å². The normalized spacial score (nSPS) is 13.2. The number of hydrogen-bond donors (Lipinski definition) is 12. The first-order valence-electron chi connectivity index (χ1n) is 30.4. The average Bonchev–Trinajstić information content (AvgIpc) is 1.53. The number of amides is 5. The van der Waals surface area contributed by atoms with Crippen molar-refractivity contribution in [2.45, 2.75) is 193 Å². The predicted molar refractivity (Wildman–Crippen MR) is 366 cm³/mol. The molecule has 5 amide bonds. The van der Waals surface area contributed by atoms with Gasteiger partial charge in [-0.05, 0) is 102 Å². The van der Waals surface area contributed by atoms with Crippen molar-refractivity contribution in [1.82, 2.24) is 26.6 Å². The molecule has 3 atom stereocenters. The Bertz CT molecular complexity index is 2650. The van der Waals surface area contributed by atoms with Gasteiger partial charge in [-0.25, -0.2) is 0 Å². The first-order chi connectivity index (χ1) is 43.0. The van der Waals surface area contributed by atoms with E-state index in [0.29, 0.717) is 76.8 Å². The Morgan fingerprint density at radius 3 is 0.480 bits per heavy atom. The molecule has 0 aromatic heterocycles. The van der Waals surface area contributed by atoms with Gasteiger partial charge in [0.15, 0.2) is 22.1 Å². The summed E-state index contributed by atoms with van der Waals surface area (Å²) in [6.07, 6.45) is 15.0. The molecule has 0 aromatic carbocycles. The molecule has 0 aliphatic rings. The van der Waals surface area contributed by atoms with Gasteiger partial charge in [-0.3, -0.25) is 46.8 Å². The molecule has 37 nitrogen and oxygen atoms in total. The molecule has 0 heterocycles. The van der Waals surface area contributed by atoms with Crippen molar-refractivity contribution in [3.05, 3.63) is 0 Å². The van der Waals surface area contributed by atoms with E-state index in [0.717, 1.165) is 89.9 Å². The van der Waals surface area contributed by atoms with Crippen molar-refractivity contribution < 1.29 is 153 Å². The van der Waals surface area contributed by atoms with Crippen molar-refractivity contribution in [2.24, 2.45) is 0 Å². The summed E-state index contributed by atoms with van der Waals surface area (Å²) in [5, 5.41) is 10.2. The maximum absolute atomic E-state index is 11.2. The maximum Gasteiger partial charge on any atom is 2.00 e. The van der Waals surface area contributed by atoms with E-state index in [4.69, 9.17) is 34.3 Å². The van der Waals surface area contributed by atoms with Gasteiger partial charge in [0, 0.05) is 114 Å². The maximum atomic E-state index is 11.2. The SMILES string of the molecule is CP(=O)(O)CCCCCC(=O)NCP(=O)([O-])[O-].CP(=O)(O)CCCCCCC(=O)NCP(=O)([O-])[O-].CP(=O)(O)CCCCCCCC(=O)NCP(=O)([O-])[O-].O=C(CCCCCCCCCP(=O)(O)O)NCP(=O)([O-])[O-].O=C(CCCCCCCCP(=O)(O)O)NCP(=O)([O-])[O-].[Ca+2].[Ca+2].[Ca+2].[Ca+2].[Ca+2]. The van der Waals surface area contributed by atoms with Crippen molar-refractivity contribution in [3.8, 4) is 0 Å². The summed E-state index contributed by atoms with van der Waals surface area (Å²) in [7, 11) is -40.0. The van der Waals surface area contributed by atoms with E-state index in [1.165, 1.54) is 20.0 Å². The Kier molecular flexibility index (Phi) is 89.4. The minimum Gasteiger partial charge on any atom is -0.810 e. The van der Waals surface area contributed by atoms with Crippen LogP contribution in [0.25, 0.3) is 0 Å². The summed E-state index contributed by atoms with van der Waals surface area (Å²) in [5.74, 6) is -2.31. The van der Waals surface area contributed by atoms with Crippen LogP contribution in [0.15, 0.2) is 0 Å². The molecule has 0 fully saturated rings. The summed E-state index contributed by atoms with van der Waals surface area (Å²) < 4.78 is 105. The number of unbranched alkanes of at least 4 members (excludes halogenated alkanes) is 20. The smallest absolute Gasteiger partial charge is 0.810 e. The summed E-state index contributed by atoms with van der Waals surface area (Å²) in [5.41, 5.74) is 0. The Hall–Kier alpha value is 5.27. The third-order valence-electron chi connectivity index (χ3n) is 12.0. The molecular formula is C48H101Ca5N5O32P10. The molecule has 0 aliphatic carbocycles. The third-order valence-corrected chi connectivity index (χ3v) is 19.9. The number of nitrogens with one attached hydrogen (secondary N) is 5. The molecule has 0 saturated heterocycles. The molecule has 0 rings (SSSR count). The van der Waals surface area contributed by atoms with E-state index in [1.807, 2.05) is 21.3 Å². The molecule has 100 heavy (non-hydrogen) atoms. The van der Waals surface area contributed by atoms with Crippen LogP contribution in [0.3, 0.4) is 0 Å². The zero-order chi connectivity index (χ0) is 74.7. The minimum absolute atomic E-state index is 0. The fraction of sp³-hybridized carbons (Fsp3) is 0.896. The topological polar surface area (TPSA) is 688 Å². The van der Waals surface area contributed by atoms with Crippen LogP contribution in [0, 0.1) is 0 Å².